The number of nitrogens with two attached hydrogens (primary N) is 1. The average molecular weight is 346 g/mol. The standard InChI is InChI=1S/C17H16ClN3OS/c1-20-9-10-5-6-14-13(7-10)16(15(21-14)17(19)22)23-12-4-2-3-11(18)8-12/h2-8,20-21H,9H2,1H3,(H2,19,22). The van der Waals surface area contributed by atoms with Gasteiger partial charge in [-0.3, -0.25) is 4.79 Å². The third-order valence-electron chi connectivity index (χ3n) is 3.46. The van der Waals surface area contributed by atoms with Gasteiger partial charge in [-0.2, -0.15) is 0 Å². The Bertz CT molecular complexity index is 875. The first-order chi connectivity index (χ1) is 11.1. The van der Waals surface area contributed by atoms with Gasteiger partial charge in [-0.05, 0) is 42.9 Å². The molecule has 0 bridgehead atoms. The van der Waals surface area contributed by atoms with Gasteiger partial charge in [-0.25, -0.2) is 0 Å². The van der Waals surface area contributed by atoms with Crippen LogP contribution in [0.3, 0.4) is 0 Å². The van der Waals surface area contributed by atoms with Crippen LogP contribution < -0.4 is 11.1 Å². The van der Waals surface area contributed by atoms with Gasteiger partial charge < -0.3 is 16.0 Å². The summed E-state index contributed by atoms with van der Waals surface area (Å²) in [4.78, 5) is 16.7. The Labute approximate surface area is 143 Å². The maximum Gasteiger partial charge on any atom is 0.266 e. The zero-order valence-corrected chi connectivity index (χ0v) is 14.1. The van der Waals surface area contributed by atoms with Crippen LogP contribution in [0.25, 0.3) is 10.9 Å². The number of amides is 1. The largest absolute Gasteiger partial charge is 0.364 e. The second-order valence-corrected chi connectivity index (χ2v) is 6.68. The van der Waals surface area contributed by atoms with E-state index in [0.717, 1.165) is 32.8 Å². The maximum atomic E-state index is 11.8. The number of H-pyrrole nitrogens is 1. The number of hydrogen-bond donors (Lipinski definition) is 3. The highest BCUT2D eigenvalue weighted by Crippen LogP contribution is 2.37. The van der Waals surface area contributed by atoms with Crippen molar-refractivity contribution in [1.29, 1.82) is 0 Å². The molecular weight excluding hydrogens is 330 g/mol. The summed E-state index contributed by atoms with van der Waals surface area (Å²) < 4.78 is 0. The third-order valence-corrected chi connectivity index (χ3v) is 4.81. The third kappa shape index (κ3) is 3.37. The van der Waals surface area contributed by atoms with Crippen LogP contribution in [0.1, 0.15) is 16.1 Å². The van der Waals surface area contributed by atoms with Gasteiger partial charge in [0, 0.05) is 27.4 Å². The van der Waals surface area contributed by atoms with E-state index in [1.807, 2.05) is 43.4 Å². The van der Waals surface area contributed by atoms with Gasteiger partial charge in [0.1, 0.15) is 5.69 Å². The minimum absolute atomic E-state index is 0.423. The first-order valence-corrected chi connectivity index (χ1v) is 8.30. The van der Waals surface area contributed by atoms with Crippen molar-refractivity contribution in [3.05, 3.63) is 58.7 Å². The first kappa shape index (κ1) is 15.9. The Morgan fingerprint density at radius 2 is 2.13 bits per heavy atom. The predicted molar refractivity (Wildman–Crippen MR) is 95.2 cm³/mol. The van der Waals surface area contributed by atoms with Crippen LogP contribution >= 0.6 is 23.4 Å². The summed E-state index contributed by atoms with van der Waals surface area (Å²) in [7, 11) is 1.90. The molecule has 23 heavy (non-hydrogen) atoms. The van der Waals surface area contributed by atoms with Crippen molar-refractivity contribution in [3.63, 3.8) is 0 Å². The lowest BCUT2D eigenvalue weighted by atomic mass is 10.1. The minimum Gasteiger partial charge on any atom is -0.364 e. The average Bonchev–Trinajstić information content (AvgIpc) is 2.86. The molecule has 3 aromatic rings. The second-order valence-electron chi connectivity index (χ2n) is 5.16. The number of benzene rings is 2. The zero-order valence-electron chi connectivity index (χ0n) is 12.5. The van der Waals surface area contributed by atoms with E-state index in [9.17, 15) is 4.79 Å². The van der Waals surface area contributed by atoms with Gasteiger partial charge in [0.2, 0.25) is 0 Å². The molecule has 0 aliphatic rings. The minimum atomic E-state index is -0.471. The number of halogens is 1. The molecule has 3 rings (SSSR count). The molecule has 4 N–H and O–H groups in total. The van der Waals surface area contributed by atoms with Gasteiger partial charge in [0.15, 0.2) is 0 Å². The fourth-order valence-corrected chi connectivity index (χ4v) is 3.81. The highest BCUT2D eigenvalue weighted by Gasteiger charge is 2.17. The number of carbonyl (C=O) groups excluding carboxylic acids is 1. The van der Waals surface area contributed by atoms with Crippen molar-refractivity contribution in [2.45, 2.75) is 16.3 Å². The molecule has 2 aromatic carbocycles. The lowest BCUT2D eigenvalue weighted by Crippen LogP contribution is -2.12. The summed E-state index contributed by atoms with van der Waals surface area (Å²) in [6.07, 6.45) is 0. The molecule has 4 nitrogen and oxygen atoms in total. The molecule has 0 atom stereocenters. The molecule has 6 heteroatoms. The summed E-state index contributed by atoms with van der Waals surface area (Å²) in [5.41, 5.74) is 7.99. The topological polar surface area (TPSA) is 70.9 Å². The normalized spacial score (nSPS) is 11.0. The van der Waals surface area contributed by atoms with Crippen LogP contribution in [0.2, 0.25) is 5.02 Å². The van der Waals surface area contributed by atoms with E-state index < -0.39 is 5.91 Å². The molecule has 0 radical (unpaired) electrons. The smallest absolute Gasteiger partial charge is 0.266 e. The van der Waals surface area contributed by atoms with Crippen molar-refractivity contribution >= 4 is 40.2 Å². The van der Waals surface area contributed by atoms with Gasteiger partial charge >= 0.3 is 0 Å². The van der Waals surface area contributed by atoms with Crippen molar-refractivity contribution in [1.82, 2.24) is 10.3 Å². The SMILES string of the molecule is CNCc1ccc2[nH]c(C(N)=O)c(Sc3cccc(Cl)c3)c2c1. The van der Waals surface area contributed by atoms with Crippen molar-refractivity contribution in [3.8, 4) is 0 Å². The molecule has 0 aliphatic heterocycles. The number of rotatable bonds is 5. The lowest BCUT2D eigenvalue weighted by molar-refractivity contribution is 0.0993. The first-order valence-electron chi connectivity index (χ1n) is 7.11. The molecule has 1 amide bonds. The predicted octanol–water partition coefficient (Wildman–Crippen LogP) is 3.79. The summed E-state index contributed by atoms with van der Waals surface area (Å²) >= 11 is 7.53. The molecule has 0 fully saturated rings. The Morgan fingerprint density at radius 1 is 1.30 bits per heavy atom. The summed E-state index contributed by atoms with van der Waals surface area (Å²) in [5.74, 6) is -0.471. The van der Waals surface area contributed by atoms with E-state index in [2.05, 4.69) is 16.4 Å². The Balaban J connectivity index is 2.12. The molecule has 1 aromatic heterocycles. The molecule has 118 valence electrons. The van der Waals surface area contributed by atoms with E-state index in [1.54, 1.807) is 0 Å². The lowest BCUT2D eigenvalue weighted by Gasteiger charge is -2.04. The van der Waals surface area contributed by atoms with Crippen LogP contribution in [0.4, 0.5) is 0 Å². The van der Waals surface area contributed by atoms with Crippen LogP contribution in [0.5, 0.6) is 0 Å². The number of primary amides is 1. The van der Waals surface area contributed by atoms with Gasteiger partial charge in [0.05, 0.1) is 4.90 Å². The molecule has 0 spiro atoms. The summed E-state index contributed by atoms with van der Waals surface area (Å²) in [5, 5.41) is 4.77. The highest BCUT2D eigenvalue weighted by molar-refractivity contribution is 7.99. The van der Waals surface area contributed by atoms with Crippen molar-refractivity contribution in [2.24, 2.45) is 5.73 Å². The molecular formula is C17H16ClN3OS. The van der Waals surface area contributed by atoms with Crippen molar-refractivity contribution < 1.29 is 4.79 Å². The quantitative estimate of drug-likeness (QED) is 0.658. The Kier molecular flexibility index (Phi) is 4.61. The Morgan fingerprint density at radius 3 is 2.83 bits per heavy atom. The Hall–Kier alpha value is -1.95. The van der Waals surface area contributed by atoms with Crippen molar-refractivity contribution in [2.75, 3.05) is 7.05 Å². The second kappa shape index (κ2) is 6.66. The fraction of sp³-hybridized carbons (Fsp3) is 0.118. The molecule has 0 aliphatic carbocycles. The number of carbonyl (C=O) groups is 1. The zero-order chi connectivity index (χ0) is 16.4. The summed E-state index contributed by atoms with van der Waals surface area (Å²) in [6.45, 7) is 0.758. The molecule has 0 saturated carbocycles. The molecule has 1 heterocycles. The number of aromatic amines is 1. The monoisotopic (exact) mass is 345 g/mol. The fourth-order valence-electron chi connectivity index (χ4n) is 2.46. The van der Waals surface area contributed by atoms with Gasteiger partial charge in [0.25, 0.3) is 5.91 Å². The number of hydrogen-bond acceptors (Lipinski definition) is 3. The van der Waals surface area contributed by atoms with Crippen LogP contribution in [-0.2, 0) is 6.54 Å². The van der Waals surface area contributed by atoms with E-state index in [-0.39, 0.29) is 0 Å². The van der Waals surface area contributed by atoms with E-state index in [4.69, 9.17) is 17.3 Å². The van der Waals surface area contributed by atoms with Crippen LogP contribution in [0.15, 0.2) is 52.3 Å². The number of fused-ring (bicyclic) bond motifs is 1. The van der Waals surface area contributed by atoms with Crippen LogP contribution in [-0.4, -0.2) is 17.9 Å². The van der Waals surface area contributed by atoms with Gasteiger partial charge in [-0.15, -0.1) is 0 Å². The highest BCUT2D eigenvalue weighted by atomic mass is 35.5. The molecule has 0 saturated heterocycles. The maximum absolute atomic E-state index is 11.8. The number of nitrogens with one attached hydrogen (secondary N) is 2. The van der Waals surface area contributed by atoms with Crippen LogP contribution in [0, 0.1) is 0 Å². The number of aromatic nitrogens is 1. The van der Waals surface area contributed by atoms with E-state index in [0.29, 0.717) is 10.7 Å². The van der Waals surface area contributed by atoms with Gasteiger partial charge in [-0.1, -0.05) is 35.5 Å². The summed E-state index contributed by atoms with van der Waals surface area (Å²) in [6, 6.07) is 13.6. The molecule has 0 unspecified atom stereocenters. The van der Waals surface area contributed by atoms with E-state index >= 15 is 0 Å². The van der Waals surface area contributed by atoms with E-state index in [1.165, 1.54) is 11.8 Å².